The molecule has 0 saturated heterocycles. The minimum absolute atomic E-state index is 0.00252. The molecule has 31 heavy (non-hydrogen) atoms. The van der Waals surface area contributed by atoms with Crippen LogP contribution < -0.4 is 15.3 Å². The second-order valence-electron chi connectivity index (χ2n) is 6.21. The Balaban J connectivity index is 1.59. The summed E-state index contributed by atoms with van der Waals surface area (Å²) in [7, 11) is -3.75. The Bertz CT molecular complexity index is 1240. The summed E-state index contributed by atoms with van der Waals surface area (Å²) < 4.78 is 27.7. The highest BCUT2D eigenvalue weighted by Gasteiger charge is 2.13. The third kappa shape index (κ3) is 5.95. The highest BCUT2D eigenvalue weighted by Crippen LogP contribution is 2.17. The number of nitrogens with zero attached hydrogens (tertiary/aromatic N) is 2. The number of non-ortho nitro benzene ring substituents is 1. The van der Waals surface area contributed by atoms with Gasteiger partial charge in [0, 0.05) is 12.1 Å². The SMILES string of the molecule is NS(=O)(=O)c1ccc(N/N=C\c2ccc(OC(=O)c3cccc([N+](=O)[O-])c3)cc2)cc1. The van der Waals surface area contributed by atoms with Crippen molar-refractivity contribution in [1.82, 2.24) is 0 Å². The van der Waals surface area contributed by atoms with Crippen LogP contribution in [0.2, 0.25) is 0 Å². The fraction of sp³-hybridized carbons (Fsp3) is 0. The van der Waals surface area contributed by atoms with Gasteiger partial charge in [-0.3, -0.25) is 15.5 Å². The third-order valence-electron chi connectivity index (χ3n) is 3.97. The first-order valence-corrected chi connectivity index (χ1v) is 10.3. The number of nitrogens with one attached hydrogen (secondary N) is 1. The molecule has 158 valence electrons. The number of hydrogen-bond donors (Lipinski definition) is 2. The van der Waals surface area contributed by atoms with Gasteiger partial charge in [-0.15, -0.1) is 0 Å². The van der Waals surface area contributed by atoms with Crippen LogP contribution in [-0.2, 0) is 10.0 Å². The van der Waals surface area contributed by atoms with E-state index in [-0.39, 0.29) is 21.9 Å². The summed E-state index contributed by atoms with van der Waals surface area (Å²) in [5, 5.41) is 19.9. The van der Waals surface area contributed by atoms with Crippen LogP contribution in [0.4, 0.5) is 11.4 Å². The summed E-state index contributed by atoms with van der Waals surface area (Å²) in [6, 6.07) is 17.4. The Kier molecular flexibility index (Phi) is 6.38. The van der Waals surface area contributed by atoms with Gasteiger partial charge in [-0.05, 0) is 60.2 Å². The number of ether oxygens (including phenoxy) is 1. The Labute approximate surface area is 177 Å². The lowest BCUT2D eigenvalue weighted by Gasteiger charge is -2.05. The monoisotopic (exact) mass is 440 g/mol. The number of esters is 1. The quantitative estimate of drug-likeness (QED) is 0.188. The molecule has 0 bridgehead atoms. The van der Waals surface area contributed by atoms with Crippen LogP contribution in [0.5, 0.6) is 5.75 Å². The summed E-state index contributed by atoms with van der Waals surface area (Å²) >= 11 is 0. The van der Waals surface area contributed by atoms with Crippen molar-refractivity contribution in [1.29, 1.82) is 0 Å². The van der Waals surface area contributed by atoms with E-state index >= 15 is 0 Å². The Morgan fingerprint density at radius 1 is 1.06 bits per heavy atom. The maximum Gasteiger partial charge on any atom is 0.343 e. The van der Waals surface area contributed by atoms with E-state index in [1.165, 1.54) is 48.7 Å². The molecule has 0 saturated carbocycles. The summed E-state index contributed by atoms with van der Waals surface area (Å²) in [6.45, 7) is 0. The molecule has 0 amide bonds. The van der Waals surface area contributed by atoms with E-state index in [1.807, 2.05) is 0 Å². The van der Waals surface area contributed by atoms with Gasteiger partial charge in [0.2, 0.25) is 10.0 Å². The van der Waals surface area contributed by atoms with E-state index in [0.29, 0.717) is 11.3 Å². The van der Waals surface area contributed by atoms with Gasteiger partial charge in [0.05, 0.1) is 27.3 Å². The number of carbonyl (C=O) groups is 1. The van der Waals surface area contributed by atoms with Crippen molar-refractivity contribution < 1.29 is 22.9 Å². The number of nitro groups is 1. The molecule has 3 rings (SSSR count). The van der Waals surface area contributed by atoms with E-state index in [9.17, 15) is 23.3 Å². The number of primary sulfonamides is 1. The van der Waals surface area contributed by atoms with Crippen molar-refractivity contribution in [2.24, 2.45) is 10.2 Å². The van der Waals surface area contributed by atoms with Gasteiger partial charge in [-0.25, -0.2) is 18.4 Å². The third-order valence-corrected chi connectivity index (χ3v) is 4.90. The van der Waals surface area contributed by atoms with Crippen molar-refractivity contribution >= 4 is 33.6 Å². The first-order chi connectivity index (χ1) is 14.7. The first kappa shape index (κ1) is 21.6. The molecule has 0 spiro atoms. The van der Waals surface area contributed by atoms with Gasteiger partial charge in [-0.2, -0.15) is 5.10 Å². The first-order valence-electron chi connectivity index (χ1n) is 8.71. The Morgan fingerprint density at radius 3 is 2.35 bits per heavy atom. The number of benzene rings is 3. The molecule has 3 aromatic carbocycles. The minimum atomic E-state index is -3.75. The molecule has 0 aromatic heterocycles. The molecule has 3 N–H and O–H groups in total. The van der Waals surface area contributed by atoms with Crippen LogP contribution >= 0.6 is 0 Å². The second-order valence-corrected chi connectivity index (χ2v) is 7.77. The molecular formula is C20H16N4O6S. The molecule has 0 atom stereocenters. The van der Waals surface area contributed by atoms with Gasteiger partial charge in [0.15, 0.2) is 0 Å². The summed E-state index contributed by atoms with van der Waals surface area (Å²) in [6.07, 6.45) is 1.51. The lowest BCUT2D eigenvalue weighted by Crippen LogP contribution is -2.11. The van der Waals surface area contributed by atoms with Crippen LogP contribution in [0.1, 0.15) is 15.9 Å². The molecule has 3 aromatic rings. The number of nitrogens with two attached hydrogens (primary N) is 1. The van der Waals surface area contributed by atoms with Crippen molar-refractivity contribution in [3.8, 4) is 5.75 Å². The van der Waals surface area contributed by atoms with Gasteiger partial charge in [0.25, 0.3) is 5.69 Å². The van der Waals surface area contributed by atoms with E-state index in [1.54, 1.807) is 24.3 Å². The second kappa shape index (κ2) is 9.15. The fourth-order valence-corrected chi connectivity index (χ4v) is 2.95. The average molecular weight is 440 g/mol. The smallest absolute Gasteiger partial charge is 0.343 e. The minimum Gasteiger partial charge on any atom is -0.423 e. The van der Waals surface area contributed by atoms with E-state index in [0.717, 1.165) is 6.07 Å². The zero-order chi connectivity index (χ0) is 22.4. The zero-order valence-corrected chi connectivity index (χ0v) is 16.7. The van der Waals surface area contributed by atoms with Crippen molar-refractivity contribution in [3.05, 3.63) is 94.0 Å². The van der Waals surface area contributed by atoms with Crippen LogP contribution in [0.15, 0.2) is 82.8 Å². The van der Waals surface area contributed by atoms with E-state index in [2.05, 4.69) is 10.5 Å². The topological polar surface area (TPSA) is 154 Å². The maximum atomic E-state index is 12.2. The highest BCUT2D eigenvalue weighted by molar-refractivity contribution is 7.89. The number of rotatable bonds is 7. The Morgan fingerprint density at radius 2 is 1.74 bits per heavy atom. The molecule has 0 radical (unpaired) electrons. The number of hydrogen-bond acceptors (Lipinski definition) is 8. The largest absolute Gasteiger partial charge is 0.423 e. The average Bonchev–Trinajstić information content (AvgIpc) is 2.75. The molecule has 0 aliphatic carbocycles. The number of carbonyl (C=O) groups excluding carboxylic acids is 1. The molecular weight excluding hydrogens is 424 g/mol. The van der Waals surface area contributed by atoms with E-state index in [4.69, 9.17) is 9.88 Å². The molecule has 0 unspecified atom stereocenters. The van der Waals surface area contributed by atoms with Gasteiger partial charge in [-0.1, -0.05) is 6.07 Å². The van der Waals surface area contributed by atoms with Crippen molar-refractivity contribution in [3.63, 3.8) is 0 Å². The van der Waals surface area contributed by atoms with Crippen LogP contribution in [-0.4, -0.2) is 25.5 Å². The summed E-state index contributed by atoms with van der Waals surface area (Å²) in [5.74, 6) is -0.449. The van der Waals surface area contributed by atoms with Gasteiger partial charge in [0.1, 0.15) is 5.75 Å². The standard InChI is InChI=1S/C20H16N4O6S/c21-31(28,29)19-10-6-16(7-11-19)23-22-13-14-4-8-18(9-5-14)30-20(25)15-2-1-3-17(12-15)24(26)27/h1-13,23H,(H2,21,28,29)/b22-13-. The van der Waals surface area contributed by atoms with Crippen molar-refractivity contribution in [2.45, 2.75) is 4.90 Å². The maximum absolute atomic E-state index is 12.2. The number of anilines is 1. The molecule has 0 heterocycles. The highest BCUT2D eigenvalue weighted by atomic mass is 32.2. The molecule has 10 nitrogen and oxygen atoms in total. The van der Waals surface area contributed by atoms with Crippen LogP contribution in [0, 0.1) is 10.1 Å². The molecule has 0 aliphatic rings. The van der Waals surface area contributed by atoms with Gasteiger partial charge >= 0.3 is 5.97 Å². The van der Waals surface area contributed by atoms with Crippen LogP contribution in [0.3, 0.4) is 0 Å². The molecule has 0 aliphatic heterocycles. The normalized spacial score (nSPS) is 11.3. The summed E-state index contributed by atoms with van der Waals surface area (Å²) in [5.41, 5.74) is 3.87. The predicted octanol–water partition coefficient (Wildman–Crippen LogP) is 2.91. The lowest BCUT2D eigenvalue weighted by molar-refractivity contribution is -0.384. The number of nitro benzene ring substituents is 1. The van der Waals surface area contributed by atoms with E-state index < -0.39 is 20.9 Å². The lowest BCUT2D eigenvalue weighted by atomic mass is 10.2. The van der Waals surface area contributed by atoms with Gasteiger partial charge < -0.3 is 4.74 Å². The summed E-state index contributed by atoms with van der Waals surface area (Å²) in [4.78, 5) is 22.4. The predicted molar refractivity (Wildman–Crippen MR) is 114 cm³/mol. The molecule has 0 fully saturated rings. The number of hydrazone groups is 1. The van der Waals surface area contributed by atoms with Crippen LogP contribution in [0.25, 0.3) is 0 Å². The fourth-order valence-electron chi connectivity index (χ4n) is 2.43. The molecule has 11 heteroatoms. The Hall–Kier alpha value is -4.09. The zero-order valence-electron chi connectivity index (χ0n) is 15.8. The number of sulfonamides is 1. The van der Waals surface area contributed by atoms with Crippen molar-refractivity contribution in [2.75, 3.05) is 5.43 Å².